The fourth-order valence-electron chi connectivity index (χ4n) is 1.62. The van der Waals surface area contributed by atoms with Crippen LogP contribution >= 0.6 is 11.6 Å². The van der Waals surface area contributed by atoms with Crippen molar-refractivity contribution in [2.24, 2.45) is 11.8 Å². The number of nitriles is 1. The van der Waals surface area contributed by atoms with Crippen molar-refractivity contribution in [1.82, 2.24) is 9.88 Å². The van der Waals surface area contributed by atoms with Crippen molar-refractivity contribution >= 4 is 17.4 Å². The lowest BCUT2D eigenvalue weighted by Gasteiger charge is -2.21. The SMILES string of the molecule is CCN(Cc1nc(NN)ccc1Cl)CC(C)C#N. The summed E-state index contributed by atoms with van der Waals surface area (Å²) in [5.41, 5.74) is 3.26. The second-order valence-electron chi connectivity index (χ2n) is 4.13. The third-order valence-electron chi connectivity index (χ3n) is 2.64. The number of nitrogens with zero attached hydrogens (tertiary/aromatic N) is 3. The molecule has 6 heteroatoms. The summed E-state index contributed by atoms with van der Waals surface area (Å²) in [5, 5.41) is 9.45. The Morgan fingerprint density at radius 1 is 1.61 bits per heavy atom. The molecule has 1 atom stereocenters. The zero-order valence-electron chi connectivity index (χ0n) is 10.7. The van der Waals surface area contributed by atoms with Gasteiger partial charge in [-0.15, -0.1) is 0 Å². The number of aromatic nitrogens is 1. The lowest BCUT2D eigenvalue weighted by Crippen LogP contribution is -2.28. The van der Waals surface area contributed by atoms with Crippen LogP contribution < -0.4 is 11.3 Å². The number of rotatable bonds is 6. The van der Waals surface area contributed by atoms with E-state index >= 15 is 0 Å². The van der Waals surface area contributed by atoms with Gasteiger partial charge in [0, 0.05) is 13.1 Å². The summed E-state index contributed by atoms with van der Waals surface area (Å²) < 4.78 is 0. The van der Waals surface area contributed by atoms with Crippen molar-refractivity contribution in [3.63, 3.8) is 0 Å². The molecule has 0 aliphatic rings. The first-order valence-electron chi connectivity index (χ1n) is 5.84. The second-order valence-corrected chi connectivity index (χ2v) is 4.53. The number of hydrogen-bond acceptors (Lipinski definition) is 5. The average Bonchev–Trinajstić information content (AvgIpc) is 2.39. The van der Waals surface area contributed by atoms with Crippen molar-refractivity contribution in [3.8, 4) is 6.07 Å². The summed E-state index contributed by atoms with van der Waals surface area (Å²) in [5.74, 6) is 5.89. The molecule has 0 saturated heterocycles. The van der Waals surface area contributed by atoms with Crippen molar-refractivity contribution in [2.45, 2.75) is 20.4 Å². The molecule has 0 radical (unpaired) electrons. The summed E-state index contributed by atoms with van der Waals surface area (Å²) in [7, 11) is 0. The number of hydrogen-bond donors (Lipinski definition) is 2. The van der Waals surface area contributed by atoms with Crippen molar-refractivity contribution in [1.29, 1.82) is 5.26 Å². The first kappa shape index (κ1) is 14.7. The van der Waals surface area contributed by atoms with Crippen LogP contribution in [0.15, 0.2) is 12.1 Å². The Kier molecular flexibility index (Phi) is 5.86. The smallest absolute Gasteiger partial charge is 0.140 e. The van der Waals surface area contributed by atoms with Crippen molar-refractivity contribution in [3.05, 3.63) is 22.8 Å². The van der Waals surface area contributed by atoms with Crippen molar-refractivity contribution in [2.75, 3.05) is 18.5 Å². The monoisotopic (exact) mass is 267 g/mol. The second kappa shape index (κ2) is 7.17. The molecule has 0 amide bonds. The number of pyridine rings is 1. The maximum Gasteiger partial charge on any atom is 0.140 e. The fraction of sp³-hybridized carbons (Fsp3) is 0.500. The normalized spacial score (nSPS) is 12.2. The van der Waals surface area contributed by atoms with Gasteiger partial charge in [0.15, 0.2) is 0 Å². The Morgan fingerprint density at radius 3 is 2.89 bits per heavy atom. The molecular weight excluding hydrogens is 250 g/mol. The molecule has 0 aromatic carbocycles. The lowest BCUT2D eigenvalue weighted by molar-refractivity contribution is 0.257. The van der Waals surface area contributed by atoms with Gasteiger partial charge < -0.3 is 5.43 Å². The molecule has 0 aliphatic carbocycles. The topological polar surface area (TPSA) is 78.0 Å². The number of nitrogens with two attached hydrogens (primary N) is 1. The zero-order chi connectivity index (χ0) is 13.5. The molecule has 0 aliphatic heterocycles. The molecule has 3 N–H and O–H groups in total. The van der Waals surface area contributed by atoms with Crippen LogP contribution in [0.3, 0.4) is 0 Å². The predicted molar refractivity (Wildman–Crippen MR) is 72.8 cm³/mol. The Balaban J connectivity index is 2.78. The van der Waals surface area contributed by atoms with Gasteiger partial charge in [-0.3, -0.25) is 4.90 Å². The standard InChI is InChI=1S/C12H18ClN5/c1-3-18(7-9(2)6-14)8-11-10(13)4-5-12(16-11)17-15/h4-5,9H,3,7-8,15H2,1-2H3,(H,16,17). The van der Waals surface area contributed by atoms with Crippen LogP contribution in [0.2, 0.25) is 5.02 Å². The predicted octanol–water partition coefficient (Wildman–Crippen LogP) is 2.00. The van der Waals surface area contributed by atoms with Gasteiger partial charge in [-0.05, 0) is 25.6 Å². The molecule has 1 unspecified atom stereocenters. The molecule has 0 saturated carbocycles. The molecule has 0 spiro atoms. The van der Waals surface area contributed by atoms with Crippen LogP contribution in [-0.4, -0.2) is 23.0 Å². The van der Waals surface area contributed by atoms with Crippen LogP contribution in [-0.2, 0) is 6.54 Å². The maximum absolute atomic E-state index is 8.84. The summed E-state index contributed by atoms with van der Waals surface area (Å²) in [6, 6.07) is 5.71. The van der Waals surface area contributed by atoms with E-state index < -0.39 is 0 Å². The minimum absolute atomic E-state index is 0.0143. The fourth-order valence-corrected chi connectivity index (χ4v) is 1.79. The zero-order valence-corrected chi connectivity index (χ0v) is 11.4. The Bertz CT molecular complexity index is 429. The van der Waals surface area contributed by atoms with Gasteiger partial charge in [-0.1, -0.05) is 18.5 Å². The van der Waals surface area contributed by atoms with E-state index in [1.165, 1.54) is 0 Å². The van der Waals surface area contributed by atoms with Gasteiger partial charge in [0.05, 0.1) is 22.7 Å². The molecule has 0 bridgehead atoms. The van der Waals surface area contributed by atoms with Crippen molar-refractivity contribution < 1.29 is 0 Å². The largest absolute Gasteiger partial charge is 0.308 e. The molecule has 1 heterocycles. The van der Waals surface area contributed by atoms with Crippen LogP contribution in [0.5, 0.6) is 0 Å². The van der Waals surface area contributed by atoms with Gasteiger partial charge in [-0.2, -0.15) is 5.26 Å². The average molecular weight is 268 g/mol. The molecule has 5 nitrogen and oxygen atoms in total. The summed E-state index contributed by atoms with van der Waals surface area (Å²) in [6.07, 6.45) is 0. The van der Waals surface area contributed by atoms with Gasteiger partial charge in [-0.25, -0.2) is 10.8 Å². The van der Waals surface area contributed by atoms with Crippen LogP contribution in [0.25, 0.3) is 0 Å². The van der Waals surface area contributed by atoms with Gasteiger partial charge >= 0.3 is 0 Å². The summed E-state index contributed by atoms with van der Waals surface area (Å²) in [6.45, 7) is 6.09. The van der Waals surface area contributed by atoms with Crippen LogP contribution in [0.1, 0.15) is 19.5 Å². The highest BCUT2D eigenvalue weighted by molar-refractivity contribution is 6.31. The highest BCUT2D eigenvalue weighted by atomic mass is 35.5. The Labute approximate surface area is 113 Å². The lowest BCUT2D eigenvalue weighted by atomic mass is 10.2. The highest BCUT2D eigenvalue weighted by Crippen LogP contribution is 2.18. The highest BCUT2D eigenvalue weighted by Gasteiger charge is 2.12. The first-order chi connectivity index (χ1) is 8.60. The van der Waals surface area contributed by atoms with E-state index in [2.05, 4.69) is 21.4 Å². The third-order valence-corrected chi connectivity index (χ3v) is 2.98. The Morgan fingerprint density at radius 2 is 2.33 bits per heavy atom. The quantitative estimate of drug-likeness (QED) is 0.609. The molecule has 98 valence electrons. The van der Waals surface area contributed by atoms with E-state index in [1.54, 1.807) is 12.1 Å². The van der Waals surface area contributed by atoms with E-state index in [0.29, 0.717) is 23.9 Å². The van der Waals surface area contributed by atoms with Crippen LogP contribution in [0, 0.1) is 17.2 Å². The minimum Gasteiger partial charge on any atom is -0.308 e. The molecule has 0 fully saturated rings. The van der Waals surface area contributed by atoms with E-state index in [0.717, 1.165) is 12.2 Å². The number of hydrazine groups is 1. The third kappa shape index (κ3) is 4.15. The number of nitrogens with one attached hydrogen (secondary N) is 1. The Hall–Kier alpha value is -1.35. The molecular formula is C12H18ClN5. The number of halogens is 1. The first-order valence-corrected chi connectivity index (χ1v) is 6.22. The maximum atomic E-state index is 8.84. The molecule has 1 aromatic rings. The van der Waals surface area contributed by atoms with E-state index in [1.807, 2.05) is 13.8 Å². The van der Waals surface area contributed by atoms with E-state index in [-0.39, 0.29) is 5.92 Å². The van der Waals surface area contributed by atoms with Gasteiger partial charge in [0.2, 0.25) is 0 Å². The van der Waals surface area contributed by atoms with E-state index in [9.17, 15) is 0 Å². The van der Waals surface area contributed by atoms with E-state index in [4.69, 9.17) is 22.7 Å². The van der Waals surface area contributed by atoms with Crippen LogP contribution in [0.4, 0.5) is 5.82 Å². The molecule has 1 aromatic heterocycles. The summed E-state index contributed by atoms with van der Waals surface area (Å²) in [4.78, 5) is 6.45. The van der Waals surface area contributed by atoms with Gasteiger partial charge in [0.1, 0.15) is 5.82 Å². The summed E-state index contributed by atoms with van der Waals surface area (Å²) >= 11 is 6.10. The number of nitrogen functional groups attached to an aromatic ring is 1. The number of anilines is 1. The minimum atomic E-state index is -0.0143. The molecule has 1 rings (SSSR count). The van der Waals surface area contributed by atoms with Gasteiger partial charge in [0.25, 0.3) is 0 Å². The molecule has 18 heavy (non-hydrogen) atoms.